The van der Waals surface area contributed by atoms with Crippen molar-refractivity contribution in [2.24, 2.45) is 5.92 Å². The minimum absolute atomic E-state index is 0. The van der Waals surface area contributed by atoms with Crippen molar-refractivity contribution >= 4 is 0 Å². The largest absolute Gasteiger partial charge is 1.00 e. The van der Waals surface area contributed by atoms with E-state index in [1.807, 2.05) is 7.05 Å². The number of rotatable bonds is 2. The Balaban J connectivity index is 0.000000810. The van der Waals surface area contributed by atoms with Crippen molar-refractivity contribution in [2.75, 3.05) is 26.8 Å². The van der Waals surface area contributed by atoms with Gasteiger partial charge in [-0.2, -0.15) is 7.05 Å². The number of ether oxygens (including phenoxy) is 1. The van der Waals surface area contributed by atoms with Crippen LogP contribution in [0.5, 0.6) is 0 Å². The number of hydrogen-bond acceptors (Lipinski definition) is 1. The zero-order valence-electron chi connectivity index (χ0n) is 6.97. The van der Waals surface area contributed by atoms with Gasteiger partial charge in [0.15, 0.2) is 0 Å². The molecule has 1 aliphatic rings. The Hall–Kier alpha value is 0.920. The van der Waals surface area contributed by atoms with Crippen LogP contribution in [0.4, 0.5) is 0 Å². The molecule has 0 bridgehead atoms. The van der Waals surface area contributed by atoms with Gasteiger partial charge in [-0.05, 0) is 12.8 Å². The third-order valence-corrected chi connectivity index (χ3v) is 1.78. The summed E-state index contributed by atoms with van der Waals surface area (Å²) in [6, 6.07) is 0. The van der Waals surface area contributed by atoms with E-state index in [1.165, 1.54) is 12.8 Å². The van der Waals surface area contributed by atoms with Gasteiger partial charge in [0, 0.05) is 13.2 Å². The summed E-state index contributed by atoms with van der Waals surface area (Å²) in [5.41, 5.74) is 0. The molecule has 3 heteroatoms. The van der Waals surface area contributed by atoms with Crippen molar-refractivity contribution in [3.8, 4) is 0 Å². The van der Waals surface area contributed by atoms with Crippen LogP contribution in [-0.4, -0.2) is 26.8 Å². The Morgan fingerprint density at radius 1 is 1.40 bits per heavy atom. The second-order valence-electron chi connectivity index (χ2n) is 2.55. The minimum Gasteiger partial charge on any atom is -0.665 e. The molecule has 0 aromatic heterocycles. The molecule has 0 N–H and O–H groups in total. The Bertz CT molecular complexity index is 71.3. The van der Waals surface area contributed by atoms with Crippen molar-refractivity contribution in [2.45, 2.75) is 12.8 Å². The van der Waals surface area contributed by atoms with Gasteiger partial charge in [0.25, 0.3) is 0 Å². The van der Waals surface area contributed by atoms with Gasteiger partial charge in [-0.25, -0.2) is 0 Å². The summed E-state index contributed by atoms with van der Waals surface area (Å²) in [6.45, 7) is 2.92. The second-order valence-corrected chi connectivity index (χ2v) is 2.55. The molecule has 1 fully saturated rings. The maximum absolute atomic E-state index is 5.20. The van der Waals surface area contributed by atoms with E-state index in [2.05, 4.69) is 5.32 Å². The van der Waals surface area contributed by atoms with Crippen molar-refractivity contribution in [3.05, 3.63) is 5.32 Å². The van der Waals surface area contributed by atoms with Crippen LogP contribution >= 0.6 is 0 Å². The average Bonchev–Trinajstić information content (AvgIpc) is 1.91. The summed E-state index contributed by atoms with van der Waals surface area (Å²) in [5, 5.41) is 4.10. The fourth-order valence-electron chi connectivity index (χ4n) is 1.19. The SMILES string of the molecule is C[N-]CC1CCOCC1.[Na+]. The first-order valence-corrected chi connectivity index (χ1v) is 3.57. The molecule has 0 unspecified atom stereocenters. The monoisotopic (exact) mass is 151 g/mol. The Morgan fingerprint density at radius 3 is 2.50 bits per heavy atom. The van der Waals surface area contributed by atoms with E-state index in [0.29, 0.717) is 0 Å². The summed E-state index contributed by atoms with van der Waals surface area (Å²) in [5.74, 6) is 0.809. The fourth-order valence-corrected chi connectivity index (χ4v) is 1.19. The van der Waals surface area contributed by atoms with Gasteiger partial charge < -0.3 is 10.1 Å². The topological polar surface area (TPSA) is 23.3 Å². The van der Waals surface area contributed by atoms with Crippen LogP contribution in [0.15, 0.2) is 0 Å². The Kier molecular flexibility index (Phi) is 7.23. The summed E-state index contributed by atoms with van der Waals surface area (Å²) in [6.07, 6.45) is 2.41. The molecule has 1 aliphatic heterocycles. The first kappa shape index (κ1) is 10.9. The summed E-state index contributed by atoms with van der Waals surface area (Å²) >= 11 is 0. The van der Waals surface area contributed by atoms with Crippen LogP contribution in [0.2, 0.25) is 0 Å². The van der Waals surface area contributed by atoms with Gasteiger partial charge in [0.05, 0.1) is 0 Å². The first-order chi connectivity index (χ1) is 4.43. The van der Waals surface area contributed by atoms with E-state index >= 15 is 0 Å². The molecule has 10 heavy (non-hydrogen) atoms. The van der Waals surface area contributed by atoms with E-state index in [-0.39, 0.29) is 29.6 Å². The fraction of sp³-hybridized carbons (Fsp3) is 1.00. The van der Waals surface area contributed by atoms with Gasteiger partial charge in [-0.1, -0.05) is 5.92 Å². The summed E-state index contributed by atoms with van der Waals surface area (Å²) in [7, 11) is 1.88. The second kappa shape index (κ2) is 6.62. The maximum atomic E-state index is 5.20. The Morgan fingerprint density at radius 2 is 2.00 bits per heavy atom. The standard InChI is InChI=1S/C7H14NO.Na/c1-8-6-7-2-4-9-5-3-7;/h7H,2-6H2,1H3;/q-1;+1. The molecular weight excluding hydrogens is 137 g/mol. The third-order valence-electron chi connectivity index (χ3n) is 1.78. The van der Waals surface area contributed by atoms with E-state index < -0.39 is 0 Å². The molecule has 0 amide bonds. The van der Waals surface area contributed by atoms with Gasteiger partial charge in [-0.3, -0.25) is 0 Å². The predicted molar refractivity (Wildman–Crippen MR) is 37.7 cm³/mol. The molecule has 0 saturated carbocycles. The quantitative estimate of drug-likeness (QED) is 0.437. The van der Waals surface area contributed by atoms with E-state index in [4.69, 9.17) is 4.74 Å². The van der Waals surface area contributed by atoms with Crippen molar-refractivity contribution < 1.29 is 34.3 Å². The van der Waals surface area contributed by atoms with E-state index in [9.17, 15) is 0 Å². The normalized spacial score (nSPS) is 20.1. The zero-order valence-corrected chi connectivity index (χ0v) is 8.97. The van der Waals surface area contributed by atoms with Crippen LogP contribution in [0.1, 0.15) is 12.8 Å². The van der Waals surface area contributed by atoms with Crippen LogP contribution in [0, 0.1) is 5.92 Å². The zero-order chi connectivity index (χ0) is 6.53. The molecule has 54 valence electrons. The van der Waals surface area contributed by atoms with Crippen LogP contribution in [0.25, 0.3) is 5.32 Å². The molecule has 0 spiro atoms. The molecule has 0 radical (unpaired) electrons. The molecule has 0 aliphatic carbocycles. The molecule has 1 heterocycles. The van der Waals surface area contributed by atoms with Crippen molar-refractivity contribution in [3.63, 3.8) is 0 Å². The van der Waals surface area contributed by atoms with Crippen molar-refractivity contribution in [1.29, 1.82) is 0 Å². The maximum Gasteiger partial charge on any atom is 1.00 e. The van der Waals surface area contributed by atoms with E-state index in [0.717, 1.165) is 25.7 Å². The average molecular weight is 151 g/mol. The summed E-state index contributed by atoms with van der Waals surface area (Å²) in [4.78, 5) is 0. The van der Waals surface area contributed by atoms with Gasteiger partial charge in [0.2, 0.25) is 0 Å². The van der Waals surface area contributed by atoms with E-state index in [1.54, 1.807) is 0 Å². The molecule has 1 rings (SSSR count). The van der Waals surface area contributed by atoms with Crippen LogP contribution in [-0.2, 0) is 4.74 Å². The van der Waals surface area contributed by atoms with Gasteiger partial charge in [0.1, 0.15) is 0 Å². The Labute approximate surface area is 85.0 Å². The molecule has 0 aromatic carbocycles. The smallest absolute Gasteiger partial charge is 0.665 e. The first-order valence-electron chi connectivity index (χ1n) is 3.57. The molecule has 1 saturated heterocycles. The minimum atomic E-state index is 0. The van der Waals surface area contributed by atoms with Crippen LogP contribution in [0.3, 0.4) is 0 Å². The summed E-state index contributed by atoms with van der Waals surface area (Å²) < 4.78 is 5.20. The molecular formula is C7H14NNaO. The molecule has 0 aromatic rings. The van der Waals surface area contributed by atoms with Gasteiger partial charge in [-0.15, -0.1) is 6.54 Å². The van der Waals surface area contributed by atoms with Crippen molar-refractivity contribution in [1.82, 2.24) is 0 Å². The number of hydrogen-bond donors (Lipinski definition) is 0. The van der Waals surface area contributed by atoms with Gasteiger partial charge >= 0.3 is 29.6 Å². The number of nitrogens with zero attached hydrogens (tertiary/aromatic N) is 1. The molecule has 2 nitrogen and oxygen atoms in total. The predicted octanol–water partition coefficient (Wildman–Crippen LogP) is -1.58. The third kappa shape index (κ3) is 3.94. The van der Waals surface area contributed by atoms with Crippen LogP contribution < -0.4 is 29.6 Å². The molecule has 0 atom stereocenters.